The second kappa shape index (κ2) is 23.4. The van der Waals surface area contributed by atoms with Gasteiger partial charge in [-0.1, -0.05) is 0 Å². The van der Waals surface area contributed by atoms with Crippen molar-refractivity contribution in [3.63, 3.8) is 0 Å². The smallest absolute Gasteiger partial charge is 0.348 e. The number of rotatable bonds is 16. The maximum Gasteiger partial charge on any atom is 0.348 e. The summed E-state index contributed by atoms with van der Waals surface area (Å²) in [6, 6.07) is -1.35. The molecule has 3 aliphatic heterocycles. The normalized spacial score (nSPS) is 34.8. The van der Waals surface area contributed by atoms with E-state index < -0.39 is 107 Å². The number of aliphatic hydroxyl groups excluding tert-OH is 1. The number of aliphatic hydroxyl groups is 1. The lowest BCUT2D eigenvalue weighted by Crippen LogP contribution is -2.35. The molecule has 306 valence electrons. The van der Waals surface area contributed by atoms with E-state index in [1.54, 1.807) is 13.8 Å². The van der Waals surface area contributed by atoms with Gasteiger partial charge in [-0.15, -0.1) is 0 Å². The van der Waals surface area contributed by atoms with Crippen molar-refractivity contribution in [3.05, 3.63) is 35.5 Å². The van der Waals surface area contributed by atoms with Crippen LogP contribution in [0.1, 0.15) is 49.8 Å². The van der Waals surface area contributed by atoms with Crippen molar-refractivity contribution in [1.29, 1.82) is 0 Å². The average Bonchev–Trinajstić information content (AvgIpc) is 3.85. The summed E-state index contributed by atoms with van der Waals surface area (Å²) in [4.78, 5) is 36.6. The molecule has 0 saturated carbocycles. The average molecular weight is 817 g/mol. The molecule has 17 nitrogen and oxygen atoms in total. The van der Waals surface area contributed by atoms with Crippen molar-refractivity contribution < 1.29 is 89.2 Å². The minimum atomic E-state index is -4.77. The number of ether oxygens (including phenoxy) is 9. The Morgan fingerprint density at radius 3 is 1.19 bits per heavy atom. The maximum absolute atomic E-state index is 11.6. The zero-order chi connectivity index (χ0) is 45.1. The molecular formula is C32H61O17P3. The van der Waals surface area contributed by atoms with Crippen LogP contribution >= 0.6 is 22.3 Å². The lowest BCUT2D eigenvalue weighted by molar-refractivity contribution is -0.0659. The highest BCUT2D eigenvalue weighted by Gasteiger charge is 2.40. The summed E-state index contributed by atoms with van der Waals surface area (Å²) in [6.45, 7) is 12.5. The van der Waals surface area contributed by atoms with Crippen LogP contribution in [0.5, 0.6) is 0 Å². The van der Waals surface area contributed by atoms with Crippen molar-refractivity contribution in [2.75, 3.05) is 54.2 Å². The van der Waals surface area contributed by atoms with Gasteiger partial charge in [0.25, 0.3) is 0 Å². The van der Waals surface area contributed by atoms with Crippen LogP contribution < -0.4 is 0 Å². The zero-order valence-electron chi connectivity index (χ0n) is 37.2. The third kappa shape index (κ3) is 19.3. The van der Waals surface area contributed by atoms with E-state index in [4.69, 9.17) is 65.7 Å². The maximum atomic E-state index is 11.6. The fourth-order valence-corrected chi connectivity index (χ4v) is 5.74. The van der Waals surface area contributed by atoms with Gasteiger partial charge < -0.3 is 67.3 Å². The quantitative estimate of drug-likeness (QED) is 0.140. The molecular weight excluding hydrogens is 749 g/mol. The Morgan fingerprint density at radius 2 is 0.942 bits per heavy atom. The van der Waals surface area contributed by atoms with E-state index in [2.05, 4.69) is 0 Å². The van der Waals surface area contributed by atoms with Crippen LogP contribution in [0.15, 0.2) is 35.5 Å². The number of hydrogen-bond acceptors (Lipinski definition) is 13. The Balaban J connectivity index is 0.000000435. The zero-order valence-corrected chi connectivity index (χ0v) is 33.9. The van der Waals surface area contributed by atoms with Crippen LogP contribution in [0.3, 0.4) is 0 Å². The van der Waals surface area contributed by atoms with E-state index in [0.29, 0.717) is 0 Å². The van der Waals surface area contributed by atoms with E-state index >= 15 is 0 Å². The van der Waals surface area contributed by atoms with Gasteiger partial charge in [-0.25, -0.2) is 0 Å². The summed E-state index contributed by atoms with van der Waals surface area (Å²) < 4.78 is 128. The number of methoxy groups -OCH3 is 3. The van der Waals surface area contributed by atoms with E-state index in [-0.39, 0.29) is 50.3 Å². The van der Waals surface area contributed by atoms with E-state index in [9.17, 15) is 23.5 Å². The molecule has 0 aromatic heterocycles. The molecule has 0 aromatic rings. The van der Waals surface area contributed by atoms with Gasteiger partial charge in [0.1, 0.15) is 61.3 Å². The number of hydrogen-bond donors (Lipinski definition) is 5. The van der Waals surface area contributed by atoms with Gasteiger partial charge in [-0.2, -0.15) is 0 Å². The van der Waals surface area contributed by atoms with Gasteiger partial charge in [-0.05, 0) is 65.5 Å². The lowest BCUT2D eigenvalue weighted by atomic mass is 10.1. The molecule has 3 aliphatic rings. The van der Waals surface area contributed by atoms with Gasteiger partial charge in [0.2, 0.25) is 14.7 Å². The Labute approximate surface area is 316 Å². The molecule has 2 unspecified atom stereocenters. The fourth-order valence-electron chi connectivity index (χ4n) is 4.68. The Morgan fingerprint density at radius 1 is 0.635 bits per heavy atom. The van der Waals surface area contributed by atoms with Gasteiger partial charge in [0.05, 0.1) is 46.4 Å². The molecule has 52 heavy (non-hydrogen) atoms. The van der Waals surface area contributed by atoms with Crippen LogP contribution in [0.2, 0.25) is 0 Å². The minimum absolute atomic E-state index is 0.101. The summed E-state index contributed by atoms with van der Waals surface area (Å²) in [5, 5.41) is 8.82. The van der Waals surface area contributed by atoms with Crippen molar-refractivity contribution in [2.24, 2.45) is 0 Å². The van der Waals surface area contributed by atoms with Crippen LogP contribution in [0, 0.1) is 0 Å². The molecule has 0 amide bonds. The molecule has 0 aromatic carbocycles. The first-order valence-corrected chi connectivity index (χ1v) is 21.9. The summed E-state index contributed by atoms with van der Waals surface area (Å²) in [6.07, 6.45) is -7.35. The molecule has 20 heteroatoms. The summed E-state index contributed by atoms with van der Waals surface area (Å²) in [5.41, 5.74) is 0. The van der Waals surface area contributed by atoms with Crippen molar-refractivity contribution >= 4 is 22.3 Å². The SMILES string of the molecule is [2H]/C(=C(/[2H])P(=O)(O)CO)[C@H]1OC[C@H](OC)[C@@H]1OC(C)C.[2H]/C(=C(/[2H])P(=O)(O)O)[C@H]1OC[C@H](OC)[C@@H]1OC(C)C.[2H]/C(=C(/[2H])P(C)(=O)O)[C@H]1OC[C@H](OC)[C@@H]1OC(C)C. The Bertz CT molecular complexity index is 1480. The standard InChI is InChI=1S/C11H21O6P.C11H21O5P.C10H19O6P/c1-8(2)17-11-9(16-6-10(11)15-3)4-5-18(13,14)7-12;1-8(2)16-11-9(5-6-17(4,12)13)15-7-10(11)14-3;1-7(2)16-10-8(4-5-17(11,12)13)15-6-9(10)14-3/h4-5,8-12H,6-7H2,1-3H3,(H,13,14);5-6,8-11H,7H2,1-4H3,(H,12,13);4-5,7-10H,6H2,1-3H3,(H2,11,12,13)/b5-4+;6-5+;5-4+/t2*9-,10+,11-;8-,9+,10-/m111/s1/i4D,5D;5D,6D;4D,5D. The Kier molecular flexibility index (Phi) is 17.8. The predicted molar refractivity (Wildman–Crippen MR) is 194 cm³/mol. The predicted octanol–water partition coefficient (Wildman–Crippen LogP) is 3.42. The highest BCUT2D eigenvalue weighted by molar-refractivity contribution is 7.61. The van der Waals surface area contributed by atoms with Crippen LogP contribution in [0.25, 0.3) is 0 Å². The van der Waals surface area contributed by atoms with E-state index in [0.717, 1.165) is 6.66 Å². The second-order valence-electron chi connectivity index (χ2n) is 12.6. The van der Waals surface area contributed by atoms with E-state index in [1.807, 2.05) is 27.7 Å². The molecule has 11 atom stereocenters. The van der Waals surface area contributed by atoms with Crippen LogP contribution in [0.4, 0.5) is 0 Å². The molecule has 0 radical (unpaired) electrons. The van der Waals surface area contributed by atoms with Gasteiger partial charge in [-0.3, -0.25) is 13.7 Å². The van der Waals surface area contributed by atoms with Crippen molar-refractivity contribution in [1.82, 2.24) is 0 Å². The lowest BCUT2D eigenvalue weighted by Gasteiger charge is -2.23. The largest absolute Gasteiger partial charge is 0.386 e. The summed E-state index contributed by atoms with van der Waals surface area (Å²) in [7, 11) is -8.31. The molecule has 3 rings (SSSR count). The highest BCUT2D eigenvalue weighted by atomic mass is 31.2. The van der Waals surface area contributed by atoms with Crippen molar-refractivity contribution in [2.45, 2.75) is 115 Å². The summed E-state index contributed by atoms with van der Waals surface area (Å²) in [5.74, 6) is -2.47. The first-order chi connectivity index (χ1) is 26.6. The molecule has 3 saturated heterocycles. The second-order valence-corrected chi connectivity index (χ2v) is 17.8. The topological polar surface area (TPSA) is 235 Å². The monoisotopic (exact) mass is 816 g/mol. The van der Waals surface area contributed by atoms with E-state index in [1.165, 1.54) is 21.3 Å². The highest BCUT2D eigenvalue weighted by Crippen LogP contribution is 2.41. The van der Waals surface area contributed by atoms with Crippen LogP contribution in [-0.4, -0.2) is 152 Å². The van der Waals surface area contributed by atoms with Gasteiger partial charge in [0.15, 0.2) is 0 Å². The third-order valence-corrected chi connectivity index (χ3v) is 8.68. The molecule has 0 bridgehead atoms. The van der Waals surface area contributed by atoms with Gasteiger partial charge in [0, 0.05) is 39.6 Å². The van der Waals surface area contributed by atoms with Crippen molar-refractivity contribution in [3.8, 4) is 0 Å². The molecule has 5 N–H and O–H groups in total. The Hall–Kier alpha value is -0.650. The molecule has 3 heterocycles. The third-order valence-electron chi connectivity index (χ3n) is 6.85. The first-order valence-electron chi connectivity index (χ1n) is 19.3. The van der Waals surface area contributed by atoms with Crippen LogP contribution in [-0.2, 0) is 56.3 Å². The fraction of sp³-hybridized carbons (Fsp3) is 0.812. The molecule has 3 fully saturated rings. The molecule has 0 spiro atoms. The summed E-state index contributed by atoms with van der Waals surface area (Å²) >= 11 is 0. The minimum Gasteiger partial charge on any atom is -0.386 e. The molecule has 0 aliphatic carbocycles. The first kappa shape index (κ1) is 39.6. The van der Waals surface area contributed by atoms with Gasteiger partial charge >= 0.3 is 7.60 Å².